The monoisotopic (exact) mass is 250 g/mol. The Kier molecular flexibility index (Phi) is 2.88. The van der Waals surface area contributed by atoms with Crippen LogP contribution in [0.2, 0.25) is 0 Å². The van der Waals surface area contributed by atoms with Gasteiger partial charge in [-0.25, -0.2) is 4.98 Å². The summed E-state index contributed by atoms with van der Waals surface area (Å²) in [6.45, 7) is 0. The Hall–Kier alpha value is -0.580. The number of fused-ring (bicyclic) bond motifs is 1. The number of nitrogens with two attached hydrogens (primary N) is 1. The number of thioether (sulfide) groups is 1. The van der Waals surface area contributed by atoms with Crippen LogP contribution >= 0.6 is 23.1 Å². The minimum Gasteiger partial charge on any atom is -0.327 e. The van der Waals surface area contributed by atoms with Crippen molar-refractivity contribution in [1.82, 2.24) is 4.98 Å². The Morgan fingerprint density at radius 2 is 2.19 bits per heavy atom. The summed E-state index contributed by atoms with van der Waals surface area (Å²) >= 11 is 3.65. The molecule has 0 amide bonds. The number of thiazole rings is 1. The van der Waals surface area contributed by atoms with Gasteiger partial charge in [0, 0.05) is 11.3 Å². The molecule has 1 aliphatic carbocycles. The van der Waals surface area contributed by atoms with Gasteiger partial charge in [-0.1, -0.05) is 30.3 Å². The van der Waals surface area contributed by atoms with Crippen LogP contribution in [0, 0.1) is 0 Å². The fourth-order valence-electron chi connectivity index (χ4n) is 2.13. The van der Waals surface area contributed by atoms with Gasteiger partial charge in [0.25, 0.3) is 0 Å². The highest BCUT2D eigenvalue weighted by atomic mass is 32.2. The SMILES string of the molecule is NC1CCCC1Sc1nc2ccccc2s1. The van der Waals surface area contributed by atoms with Gasteiger partial charge >= 0.3 is 0 Å². The van der Waals surface area contributed by atoms with Gasteiger partial charge < -0.3 is 5.73 Å². The molecule has 1 aromatic carbocycles. The van der Waals surface area contributed by atoms with Gasteiger partial charge in [-0.05, 0) is 25.0 Å². The minimum atomic E-state index is 0.358. The molecule has 2 unspecified atom stereocenters. The van der Waals surface area contributed by atoms with E-state index in [4.69, 9.17) is 5.73 Å². The normalized spacial score (nSPS) is 25.3. The fraction of sp³-hybridized carbons (Fsp3) is 0.417. The van der Waals surface area contributed by atoms with Crippen molar-refractivity contribution in [1.29, 1.82) is 0 Å². The topological polar surface area (TPSA) is 38.9 Å². The predicted molar refractivity (Wildman–Crippen MR) is 71.1 cm³/mol. The molecule has 2 nitrogen and oxygen atoms in total. The number of aromatic nitrogens is 1. The predicted octanol–water partition coefficient (Wildman–Crippen LogP) is 3.27. The standard InChI is InChI=1S/C12H14N2S2/c13-8-4-3-7-10(8)15-12-14-9-5-1-2-6-11(9)16-12/h1-2,5-6,8,10H,3-4,7,13H2. The Morgan fingerprint density at radius 3 is 2.94 bits per heavy atom. The van der Waals surface area contributed by atoms with Crippen LogP contribution < -0.4 is 5.73 Å². The third-order valence-corrected chi connectivity index (χ3v) is 5.58. The average Bonchev–Trinajstić information content (AvgIpc) is 2.85. The first kappa shape index (κ1) is 10.6. The maximum absolute atomic E-state index is 6.08. The zero-order valence-electron chi connectivity index (χ0n) is 8.93. The maximum Gasteiger partial charge on any atom is 0.151 e. The van der Waals surface area contributed by atoms with E-state index in [1.165, 1.54) is 28.3 Å². The molecule has 0 spiro atoms. The smallest absolute Gasteiger partial charge is 0.151 e. The molecular weight excluding hydrogens is 236 g/mol. The molecule has 84 valence electrons. The average molecular weight is 250 g/mol. The molecule has 1 saturated carbocycles. The van der Waals surface area contributed by atoms with Crippen molar-refractivity contribution in [3.05, 3.63) is 24.3 Å². The molecule has 1 heterocycles. The second-order valence-corrected chi connectivity index (χ2v) is 6.72. The molecule has 2 atom stereocenters. The van der Waals surface area contributed by atoms with Crippen LogP contribution in [-0.4, -0.2) is 16.3 Å². The second kappa shape index (κ2) is 4.35. The summed E-state index contributed by atoms with van der Waals surface area (Å²) in [5.41, 5.74) is 7.19. The van der Waals surface area contributed by atoms with Gasteiger partial charge in [0.2, 0.25) is 0 Å². The number of nitrogens with zero attached hydrogens (tertiary/aromatic N) is 1. The van der Waals surface area contributed by atoms with Crippen molar-refractivity contribution in [3.63, 3.8) is 0 Å². The molecule has 2 aromatic rings. The van der Waals surface area contributed by atoms with Gasteiger partial charge in [-0.3, -0.25) is 0 Å². The molecular formula is C12H14N2S2. The molecule has 0 saturated heterocycles. The molecule has 4 heteroatoms. The Labute approximate surface area is 103 Å². The van der Waals surface area contributed by atoms with Crippen LogP contribution in [0.1, 0.15) is 19.3 Å². The molecule has 0 bridgehead atoms. The van der Waals surface area contributed by atoms with E-state index in [1.54, 1.807) is 11.3 Å². The minimum absolute atomic E-state index is 0.358. The number of hydrogen-bond acceptors (Lipinski definition) is 4. The summed E-state index contributed by atoms with van der Waals surface area (Å²) in [5.74, 6) is 0. The van der Waals surface area contributed by atoms with Crippen LogP contribution in [0.15, 0.2) is 28.6 Å². The van der Waals surface area contributed by atoms with Gasteiger partial charge in [0.15, 0.2) is 4.34 Å². The molecule has 3 rings (SSSR count). The molecule has 0 radical (unpaired) electrons. The van der Waals surface area contributed by atoms with Crippen molar-refractivity contribution < 1.29 is 0 Å². The summed E-state index contributed by atoms with van der Waals surface area (Å²) in [4.78, 5) is 4.64. The van der Waals surface area contributed by atoms with Crippen LogP contribution in [0.4, 0.5) is 0 Å². The van der Waals surface area contributed by atoms with E-state index >= 15 is 0 Å². The van der Waals surface area contributed by atoms with Crippen molar-refractivity contribution >= 4 is 33.3 Å². The van der Waals surface area contributed by atoms with Gasteiger partial charge in [0.05, 0.1) is 10.2 Å². The van der Waals surface area contributed by atoms with Crippen molar-refractivity contribution in [2.24, 2.45) is 5.73 Å². The van der Waals surface area contributed by atoms with Crippen LogP contribution in [0.25, 0.3) is 10.2 Å². The van der Waals surface area contributed by atoms with E-state index in [0.29, 0.717) is 11.3 Å². The van der Waals surface area contributed by atoms with E-state index in [2.05, 4.69) is 23.2 Å². The lowest BCUT2D eigenvalue weighted by atomic mass is 10.3. The van der Waals surface area contributed by atoms with Crippen LogP contribution in [0.3, 0.4) is 0 Å². The number of hydrogen-bond donors (Lipinski definition) is 1. The van der Waals surface area contributed by atoms with Crippen molar-refractivity contribution in [2.75, 3.05) is 0 Å². The lowest BCUT2D eigenvalue weighted by Crippen LogP contribution is -2.26. The second-order valence-electron chi connectivity index (χ2n) is 4.20. The van der Waals surface area contributed by atoms with Gasteiger partial charge in [-0.15, -0.1) is 11.3 Å². The highest BCUT2D eigenvalue weighted by Gasteiger charge is 2.25. The van der Waals surface area contributed by atoms with Gasteiger partial charge in [-0.2, -0.15) is 0 Å². The number of rotatable bonds is 2. The third-order valence-electron chi connectivity index (χ3n) is 3.03. The lowest BCUT2D eigenvalue weighted by molar-refractivity contribution is 0.716. The zero-order chi connectivity index (χ0) is 11.0. The molecule has 16 heavy (non-hydrogen) atoms. The summed E-state index contributed by atoms with van der Waals surface area (Å²) in [6.07, 6.45) is 3.67. The van der Waals surface area contributed by atoms with Crippen LogP contribution in [-0.2, 0) is 0 Å². The van der Waals surface area contributed by atoms with Crippen molar-refractivity contribution in [2.45, 2.75) is 34.9 Å². The molecule has 1 fully saturated rings. The Morgan fingerprint density at radius 1 is 1.31 bits per heavy atom. The first-order valence-corrected chi connectivity index (χ1v) is 7.30. The highest BCUT2D eigenvalue weighted by molar-refractivity contribution is 8.01. The number of benzene rings is 1. The Balaban J connectivity index is 1.83. The maximum atomic E-state index is 6.08. The van der Waals surface area contributed by atoms with E-state index in [-0.39, 0.29) is 0 Å². The zero-order valence-corrected chi connectivity index (χ0v) is 10.6. The Bertz CT molecular complexity index is 461. The quantitative estimate of drug-likeness (QED) is 0.889. The highest BCUT2D eigenvalue weighted by Crippen LogP contribution is 2.37. The van der Waals surface area contributed by atoms with Gasteiger partial charge in [0.1, 0.15) is 0 Å². The molecule has 1 aromatic heterocycles. The van der Waals surface area contributed by atoms with Crippen LogP contribution in [0.5, 0.6) is 0 Å². The first-order valence-electron chi connectivity index (χ1n) is 5.61. The van der Waals surface area contributed by atoms with E-state index < -0.39 is 0 Å². The summed E-state index contributed by atoms with van der Waals surface area (Å²) in [5, 5.41) is 0.570. The van der Waals surface area contributed by atoms with E-state index in [0.717, 1.165) is 5.52 Å². The summed E-state index contributed by atoms with van der Waals surface area (Å²) in [6, 6.07) is 8.67. The molecule has 0 aliphatic heterocycles. The molecule has 1 aliphatic rings. The largest absolute Gasteiger partial charge is 0.327 e. The van der Waals surface area contributed by atoms with E-state index in [1.807, 2.05) is 17.8 Å². The van der Waals surface area contributed by atoms with Crippen molar-refractivity contribution in [3.8, 4) is 0 Å². The number of para-hydroxylation sites is 1. The van der Waals surface area contributed by atoms with E-state index in [9.17, 15) is 0 Å². The fourth-order valence-corrected chi connectivity index (χ4v) is 4.67. The lowest BCUT2D eigenvalue weighted by Gasteiger charge is -2.11. The summed E-state index contributed by atoms with van der Waals surface area (Å²) in [7, 11) is 0. The third kappa shape index (κ3) is 1.97. The first-order chi connectivity index (χ1) is 7.83. The summed E-state index contributed by atoms with van der Waals surface area (Å²) < 4.78 is 2.44. The molecule has 2 N–H and O–H groups in total.